The van der Waals surface area contributed by atoms with Crippen molar-refractivity contribution in [3.05, 3.63) is 61.2 Å². The van der Waals surface area contributed by atoms with Crippen molar-refractivity contribution >= 4 is 29.5 Å². The maximum Gasteiger partial charge on any atom is 0.310 e. The molecule has 8 heteroatoms. The molecule has 1 N–H and O–H groups in total. The van der Waals surface area contributed by atoms with Crippen molar-refractivity contribution in [1.29, 1.82) is 0 Å². The summed E-state index contributed by atoms with van der Waals surface area (Å²) in [5.74, 6) is -2.10. The number of nitrogens with zero attached hydrogens (tertiary/aromatic N) is 2. The zero-order chi connectivity index (χ0) is 30.2. The smallest absolute Gasteiger partial charge is 0.310 e. The van der Waals surface area contributed by atoms with Gasteiger partial charge in [-0.2, -0.15) is 0 Å². The predicted molar refractivity (Wildman–Crippen MR) is 163 cm³/mol. The quantitative estimate of drug-likeness (QED) is 0.208. The average Bonchev–Trinajstić information content (AvgIpc) is 3.54. The Kier molecular flexibility index (Phi) is 9.15. The minimum Gasteiger partial charge on any atom is -0.465 e. The van der Waals surface area contributed by atoms with Gasteiger partial charge in [-0.1, -0.05) is 63.3 Å². The van der Waals surface area contributed by atoms with Crippen LogP contribution >= 0.6 is 11.8 Å². The highest BCUT2D eigenvalue weighted by Crippen LogP contribution is 2.67. The van der Waals surface area contributed by atoms with Gasteiger partial charge in [0.1, 0.15) is 6.04 Å². The Morgan fingerprint density at radius 2 is 1.88 bits per heavy atom. The fraction of sp³-hybridized carbons (Fsp3) is 0.606. The number of carbonyl (C=O) groups excluding carboxylic acids is 3. The second-order valence-corrected chi connectivity index (χ2v) is 15.0. The van der Waals surface area contributed by atoms with Crippen LogP contribution in [0.5, 0.6) is 0 Å². The number of rotatable bonds is 12. The highest BCUT2D eigenvalue weighted by molar-refractivity contribution is 8.02. The molecule has 41 heavy (non-hydrogen) atoms. The number of amides is 2. The normalized spacial score (nSPS) is 27.9. The van der Waals surface area contributed by atoms with Gasteiger partial charge in [-0.3, -0.25) is 14.4 Å². The van der Waals surface area contributed by atoms with Crippen molar-refractivity contribution in [2.75, 3.05) is 19.8 Å². The molecule has 1 spiro atoms. The van der Waals surface area contributed by atoms with Crippen LogP contribution in [0.15, 0.2) is 55.6 Å². The van der Waals surface area contributed by atoms with E-state index in [9.17, 15) is 19.5 Å². The lowest BCUT2D eigenvalue weighted by Gasteiger charge is -2.46. The molecule has 1 aromatic carbocycles. The Balaban J connectivity index is 1.83. The monoisotopic (exact) mass is 582 g/mol. The van der Waals surface area contributed by atoms with Gasteiger partial charge in [0.25, 0.3) is 0 Å². The summed E-state index contributed by atoms with van der Waals surface area (Å²) >= 11 is 1.61. The van der Waals surface area contributed by atoms with Crippen LogP contribution in [0, 0.1) is 17.3 Å². The molecule has 2 amide bonds. The molecule has 2 bridgehead atoms. The minimum absolute atomic E-state index is 0.0479. The molecule has 3 aliphatic rings. The van der Waals surface area contributed by atoms with E-state index < -0.39 is 34.2 Å². The van der Waals surface area contributed by atoms with Gasteiger partial charge in [-0.25, -0.2) is 0 Å². The molecule has 6 atom stereocenters. The Morgan fingerprint density at radius 1 is 1.20 bits per heavy atom. The third-order valence-corrected chi connectivity index (χ3v) is 10.7. The van der Waals surface area contributed by atoms with Gasteiger partial charge in [-0.15, -0.1) is 24.9 Å². The van der Waals surface area contributed by atoms with Crippen LogP contribution in [-0.2, 0) is 19.1 Å². The van der Waals surface area contributed by atoms with E-state index in [2.05, 4.69) is 47.8 Å². The van der Waals surface area contributed by atoms with Crippen molar-refractivity contribution in [2.45, 2.75) is 87.9 Å². The average molecular weight is 583 g/mol. The summed E-state index contributed by atoms with van der Waals surface area (Å²) in [4.78, 5) is 46.4. The van der Waals surface area contributed by atoms with Gasteiger partial charge in [0.15, 0.2) is 0 Å². The van der Waals surface area contributed by atoms with Gasteiger partial charge >= 0.3 is 5.97 Å². The van der Waals surface area contributed by atoms with Crippen molar-refractivity contribution in [2.24, 2.45) is 17.3 Å². The molecule has 3 aliphatic heterocycles. The van der Waals surface area contributed by atoms with E-state index in [1.807, 2.05) is 35.2 Å². The topological polar surface area (TPSA) is 87.2 Å². The van der Waals surface area contributed by atoms with Crippen LogP contribution in [-0.4, -0.2) is 74.0 Å². The van der Waals surface area contributed by atoms with E-state index in [1.54, 1.807) is 28.8 Å². The van der Waals surface area contributed by atoms with Crippen molar-refractivity contribution < 1.29 is 24.2 Å². The number of hydrogen-bond acceptors (Lipinski definition) is 6. The summed E-state index contributed by atoms with van der Waals surface area (Å²) in [5, 5.41) is 10.6. The van der Waals surface area contributed by atoms with E-state index in [0.29, 0.717) is 19.4 Å². The number of fused-ring (bicyclic) bond motifs is 1. The van der Waals surface area contributed by atoms with Crippen molar-refractivity contribution in [3.8, 4) is 0 Å². The first-order chi connectivity index (χ1) is 19.3. The van der Waals surface area contributed by atoms with Crippen molar-refractivity contribution in [1.82, 2.24) is 9.80 Å². The van der Waals surface area contributed by atoms with E-state index in [-0.39, 0.29) is 41.7 Å². The number of hydrogen-bond donors (Lipinski definition) is 1. The molecule has 0 aliphatic carbocycles. The Bertz CT molecular complexity index is 1160. The van der Waals surface area contributed by atoms with Gasteiger partial charge in [0.2, 0.25) is 11.8 Å². The first-order valence-electron chi connectivity index (χ1n) is 14.7. The molecular formula is C33H46N2O5S. The fourth-order valence-corrected chi connectivity index (χ4v) is 9.84. The number of ether oxygens (including phenoxy) is 1. The van der Waals surface area contributed by atoms with Gasteiger partial charge in [0.05, 0.1) is 35.8 Å². The Hall–Kier alpha value is -2.58. The van der Waals surface area contributed by atoms with Gasteiger partial charge in [0, 0.05) is 17.3 Å². The molecule has 0 saturated carbocycles. The molecule has 224 valence electrons. The first kappa shape index (κ1) is 31.4. The molecule has 3 fully saturated rings. The number of aliphatic hydroxyl groups excluding tert-OH is 1. The number of carbonyl (C=O) groups is 3. The zero-order valence-electron chi connectivity index (χ0n) is 25.2. The van der Waals surface area contributed by atoms with Gasteiger partial charge in [-0.05, 0) is 50.5 Å². The number of aliphatic hydroxyl groups is 1. The SMILES string of the molecule is C=CCCOC(=O)[C@@H]1[C@@H]2CCC3(S2)C(C(=O)N(CC=C)C(C)(C)CC(C)(C)C)N([C@H](CO)c2ccccc2)C(=O)[C@H]13. The molecular weight excluding hydrogens is 536 g/mol. The first-order valence-corrected chi connectivity index (χ1v) is 15.6. The highest BCUT2D eigenvalue weighted by Gasteiger charge is 2.75. The molecule has 1 aromatic rings. The summed E-state index contributed by atoms with van der Waals surface area (Å²) in [6.07, 6.45) is 6.09. The molecule has 4 rings (SSSR count). The lowest BCUT2D eigenvalue weighted by atomic mass is 9.71. The van der Waals surface area contributed by atoms with E-state index in [4.69, 9.17) is 4.74 Å². The third kappa shape index (κ3) is 5.74. The summed E-state index contributed by atoms with van der Waals surface area (Å²) in [6.45, 7) is 18.4. The molecule has 0 radical (unpaired) electrons. The number of thioether (sulfide) groups is 1. The predicted octanol–water partition coefficient (Wildman–Crippen LogP) is 5.16. The van der Waals surface area contributed by atoms with Crippen molar-refractivity contribution in [3.63, 3.8) is 0 Å². The van der Waals surface area contributed by atoms with Crippen LogP contribution in [0.25, 0.3) is 0 Å². The standard InChI is InChI=1S/C33H46N2O5S/c1-8-10-19-40-30(39)25-24-16-17-33(41-24)26(25)28(37)35(23(20-36)22-14-12-11-13-15-22)27(33)29(38)34(18-9-2)32(6,7)21-31(3,4)5/h8-9,11-15,23-27,36H,1-2,10,16-21H2,3-7H3/t23-,24+,25-,26+,27?,33?/m1/s1. The minimum atomic E-state index is -0.836. The summed E-state index contributed by atoms with van der Waals surface area (Å²) in [6, 6.07) is 7.81. The molecule has 2 unspecified atom stereocenters. The summed E-state index contributed by atoms with van der Waals surface area (Å²) in [5.41, 5.74) is 0.179. The Labute approximate surface area is 249 Å². The third-order valence-electron chi connectivity index (χ3n) is 8.77. The second kappa shape index (κ2) is 12.0. The number of benzene rings is 1. The fourth-order valence-electron chi connectivity index (χ4n) is 7.65. The second-order valence-electron chi connectivity index (χ2n) is 13.4. The van der Waals surface area contributed by atoms with E-state index >= 15 is 0 Å². The van der Waals surface area contributed by atoms with Crippen LogP contribution in [0.4, 0.5) is 0 Å². The van der Waals surface area contributed by atoms with Crippen LogP contribution in [0.2, 0.25) is 0 Å². The largest absolute Gasteiger partial charge is 0.465 e. The lowest BCUT2D eigenvalue weighted by Crippen LogP contribution is -2.60. The van der Waals surface area contributed by atoms with Gasteiger partial charge < -0.3 is 19.6 Å². The number of esters is 1. The van der Waals surface area contributed by atoms with Crippen LogP contribution < -0.4 is 0 Å². The molecule has 7 nitrogen and oxygen atoms in total. The molecule has 3 heterocycles. The zero-order valence-corrected chi connectivity index (χ0v) is 26.0. The maximum absolute atomic E-state index is 15.0. The summed E-state index contributed by atoms with van der Waals surface area (Å²) < 4.78 is 4.84. The van der Waals surface area contributed by atoms with Crippen LogP contribution in [0.1, 0.15) is 71.9 Å². The highest BCUT2D eigenvalue weighted by atomic mass is 32.2. The number of likely N-dealkylation sites (tertiary alicyclic amines) is 1. The van der Waals surface area contributed by atoms with Crippen LogP contribution in [0.3, 0.4) is 0 Å². The maximum atomic E-state index is 15.0. The molecule has 0 aromatic heterocycles. The van der Waals surface area contributed by atoms with E-state index in [0.717, 1.165) is 18.4 Å². The molecule has 3 saturated heterocycles. The Morgan fingerprint density at radius 3 is 2.46 bits per heavy atom. The summed E-state index contributed by atoms with van der Waals surface area (Å²) in [7, 11) is 0. The lowest BCUT2D eigenvalue weighted by molar-refractivity contribution is -0.154. The van der Waals surface area contributed by atoms with E-state index in [1.165, 1.54) is 0 Å².